The molecule has 2 rings (SSSR count). The summed E-state index contributed by atoms with van der Waals surface area (Å²) in [5, 5.41) is 10.0. The Labute approximate surface area is 123 Å². The first kappa shape index (κ1) is 15.1. The number of carbonyl (C=O) groups excluding carboxylic acids is 2. The molecule has 0 aliphatic heterocycles. The number of carboxylic acid groups (broad SMARTS) is 1. The van der Waals surface area contributed by atoms with Crippen molar-refractivity contribution in [3.05, 3.63) is 57.5 Å². The van der Waals surface area contributed by atoms with Gasteiger partial charge in [-0.05, 0) is 23.8 Å². The second-order valence-corrected chi connectivity index (χ2v) is 5.43. The maximum atomic E-state index is 13.1. The normalized spacial score (nSPS) is 10.3. The van der Waals surface area contributed by atoms with Gasteiger partial charge in [-0.1, -0.05) is 12.1 Å². The van der Waals surface area contributed by atoms with Crippen LogP contribution in [0.5, 0.6) is 0 Å². The molecule has 0 radical (unpaired) electrons. The zero-order chi connectivity index (χ0) is 15.4. The second kappa shape index (κ2) is 6.41. The van der Waals surface area contributed by atoms with E-state index in [1.54, 1.807) is 23.6 Å². The lowest BCUT2D eigenvalue weighted by atomic mass is 10.1. The molecule has 1 aromatic carbocycles. The van der Waals surface area contributed by atoms with Crippen molar-refractivity contribution in [2.75, 3.05) is 0 Å². The Morgan fingerprint density at radius 2 is 1.95 bits per heavy atom. The molecule has 0 spiro atoms. The van der Waals surface area contributed by atoms with Gasteiger partial charge < -0.3 is 5.11 Å². The number of aliphatic carboxylic acids is 1. The van der Waals surface area contributed by atoms with Crippen molar-refractivity contribution in [1.82, 2.24) is 0 Å². The number of benzene rings is 1. The highest BCUT2D eigenvalue weighted by molar-refractivity contribution is 7.10. The number of ketones is 2. The summed E-state index contributed by atoms with van der Waals surface area (Å²) in [6.45, 7) is 0. The summed E-state index contributed by atoms with van der Waals surface area (Å²) in [5.41, 5.74) is 1.08. The molecule has 21 heavy (non-hydrogen) atoms. The lowest BCUT2D eigenvalue weighted by Gasteiger charge is -1.98. The highest BCUT2D eigenvalue weighted by atomic mass is 32.1. The van der Waals surface area contributed by atoms with Crippen molar-refractivity contribution < 1.29 is 23.9 Å². The fourth-order valence-corrected chi connectivity index (χ4v) is 2.71. The predicted octanol–water partition coefficient (Wildman–Crippen LogP) is 2.70. The lowest BCUT2D eigenvalue weighted by molar-refractivity contribution is -0.148. The Kier molecular flexibility index (Phi) is 4.59. The third kappa shape index (κ3) is 4.06. The van der Waals surface area contributed by atoms with Gasteiger partial charge in [0.1, 0.15) is 5.82 Å². The van der Waals surface area contributed by atoms with Crippen molar-refractivity contribution in [3.8, 4) is 0 Å². The third-order valence-electron chi connectivity index (χ3n) is 2.80. The van der Waals surface area contributed by atoms with Crippen molar-refractivity contribution >= 4 is 28.9 Å². The average Bonchev–Trinajstić information content (AvgIpc) is 2.87. The van der Waals surface area contributed by atoms with E-state index in [0.29, 0.717) is 12.0 Å². The fraction of sp³-hybridized carbons (Fsp3) is 0.133. The van der Waals surface area contributed by atoms with Crippen LogP contribution in [0.25, 0.3) is 0 Å². The van der Waals surface area contributed by atoms with Gasteiger partial charge in [0.2, 0.25) is 5.78 Å². The van der Waals surface area contributed by atoms with Crippen LogP contribution in [0.4, 0.5) is 4.39 Å². The molecule has 1 N–H and O–H groups in total. The summed E-state index contributed by atoms with van der Waals surface area (Å²) < 4.78 is 13.1. The van der Waals surface area contributed by atoms with E-state index in [4.69, 9.17) is 5.11 Å². The Morgan fingerprint density at radius 3 is 2.62 bits per heavy atom. The van der Waals surface area contributed by atoms with Gasteiger partial charge in [0.05, 0.1) is 6.42 Å². The molecule has 0 fully saturated rings. The number of thiophene rings is 1. The van der Waals surface area contributed by atoms with Crippen molar-refractivity contribution in [2.24, 2.45) is 0 Å². The molecule has 1 heterocycles. The van der Waals surface area contributed by atoms with E-state index in [-0.39, 0.29) is 5.82 Å². The summed E-state index contributed by atoms with van der Waals surface area (Å²) in [4.78, 5) is 34.0. The van der Waals surface area contributed by atoms with E-state index >= 15 is 0 Å². The SMILES string of the molecule is O=C(O)C(=O)CC(=O)c1csc(Cc2cccc(F)c2)c1. The van der Waals surface area contributed by atoms with Crippen LogP contribution in [0, 0.1) is 5.82 Å². The van der Waals surface area contributed by atoms with Crippen molar-refractivity contribution in [1.29, 1.82) is 0 Å². The summed E-state index contributed by atoms with van der Waals surface area (Å²) in [6.07, 6.45) is -0.173. The van der Waals surface area contributed by atoms with E-state index in [2.05, 4.69) is 0 Å². The van der Waals surface area contributed by atoms with E-state index in [9.17, 15) is 18.8 Å². The molecular formula is C15H11FO4S. The standard InChI is InChI=1S/C15H11FO4S/c16-11-3-1-2-9(4-11)5-12-6-10(8-21-12)13(17)7-14(18)15(19)20/h1-4,6,8H,5,7H2,(H,19,20). The first-order chi connectivity index (χ1) is 9.95. The Morgan fingerprint density at radius 1 is 1.19 bits per heavy atom. The molecule has 6 heteroatoms. The van der Waals surface area contributed by atoms with Crippen LogP contribution in [-0.2, 0) is 16.0 Å². The van der Waals surface area contributed by atoms with Gasteiger partial charge >= 0.3 is 5.97 Å². The quantitative estimate of drug-likeness (QED) is 0.506. The largest absolute Gasteiger partial charge is 0.475 e. The predicted molar refractivity (Wildman–Crippen MR) is 75.1 cm³/mol. The molecule has 0 amide bonds. The van der Waals surface area contributed by atoms with E-state index in [0.717, 1.165) is 10.4 Å². The van der Waals surface area contributed by atoms with Crippen LogP contribution in [0.3, 0.4) is 0 Å². The second-order valence-electron chi connectivity index (χ2n) is 4.44. The monoisotopic (exact) mass is 306 g/mol. The van der Waals surface area contributed by atoms with Gasteiger partial charge in [0, 0.05) is 22.2 Å². The van der Waals surface area contributed by atoms with Crippen molar-refractivity contribution in [3.63, 3.8) is 0 Å². The molecule has 0 bridgehead atoms. The fourth-order valence-electron chi connectivity index (χ4n) is 1.79. The van der Waals surface area contributed by atoms with Crippen LogP contribution < -0.4 is 0 Å². The topological polar surface area (TPSA) is 71.4 Å². The molecule has 0 saturated carbocycles. The van der Waals surface area contributed by atoms with E-state index in [1.165, 1.54) is 23.5 Å². The molecule has 2 aromatic rings. The first-order valence-corrected chi connectivity index (χ1v) is 6.95. The van der Waals surface area contributed by atoms with Crippen LogP contribution in [0.15, 0.2) is 35.7 Å². The van der Waals surface area contributed by atoms with Gasteiger partial charge in [-0.2, -0.15) is 0 Å². The number of halogens is 1. The molecule has 0 saturated heterocycles. The number of hydrogen-bond donors (Lipinski definition) is 1. The molecule has 1 aromatic heterocycles. The Balaban J connectivity index is 2.06. The molecule has 0 atom stereocenters. The first-order valence-electron chi connectivity index (χ1n) is 6.07. The number of carboxylic acids is 1. The van der Waals surface area contributed by atoms with Gasteiger partial charge in [-0.25, -0.2) is 9.18 Å². The van der Waals surface area contributed by atoms with Gasteiger partial charge in [0.25, 0.3) is 0 Å². The zero-order valence-corrected chi connectivity index (χ0v) is 11.7. The third-order valence-corrected chi connectivity index (χ3v) is 3.74. The smallest absolute Gasteiger partial charge is 0.372 e. The van der Waals surface area contributed by atoms with Gasteiger partial charge in [-0.15, -0.1) is 11.3 Å². The number of hydrogen-bond acceptors (Lipinski definition) is 4. The Hall–Kier alpha value is -2.34. The molecule has 0 aliphatic rings. The minimum Gasteiger partial charge on any atom is -0.475 e. The number of Topliss-reactive ketones (excluding diaryl/α,β-unsaturated/α-hetero) is 2. The molecule has 4 nitrogen and oxygen atoms in total. The summed E-state index contributed by atoms with van der Waals surface area (Å²) in [7, 11) is 0. The van der Waals surface area contributed by atoms with Crippen molar-refractivity contribution in [2.45, 2.75) is 12.8 Å². The number of rotatable bonds is 6. The van der Waals surface area contributed by atoms with Gasteiger partial charge in [0.15, 0.2) is 5.78 Å². The van der Waals surface area contributed by atoms with Crippen LogP contribution in [0.2, 0.25) is 0 Å². The molecule has 0 aliphatic carbocycles. The van der Waals surface area contributed by atoms with Gasteiger partial charge in [-0.3, -0.25) is 9.59 Å². The lowest BCUT2D eigenvalue weighted by Crippen LogP contribution is -2.16. The highest BCUT2D eigenvalue weighted by Crippen LogP contribution is 2.20. The minimum atomic E-state index is -1.61. The Bertz CT molecular complexity index is 705. The summed E-state index contributed by atoms with van der Waals surface area (Å²) >= 11 is 1.31. The maximum absolute atomic E-state index is 13.1. The average molecular weight is 306 g/mol. The van der Waals surface area contributed by atoms with E-state index in [1.807, 2.05) is 0 Å². The highest BCUT2D eigenvalue weighted by Gasteiger charge is 2.18. The summed E-state index contributed by atoms with van der Waals surface area (Å²) in [6, 6.07) is 7.75. The molecule has 108 valence electrons. The van der Waals surface area contributed by atoms with Crippen LogP contribution in [-0.4, -0.2) is 22.6 Å². The summed E-state index contributed by atoms with van der Waals surface area (Å²) in [5.74, 6) is -3.59. The maximum Gasteiger partial charge on any atom is 0.372 e. The van der Waals surface area contributed by atoms with Crippen LogP contribution >= 0.6 is 11.3 Å². The van der Waals surface area contributed by atoms with E-state index < -0.39 is 24.0 Å². The molecule has 0 unspecified atom stereocenters. The number of carbonyl (C=O) groups is 3. The van der Waals surface area contributed by atoms with Crippen LogP contribution in [0.1, 0.15) is 27.2 Å². The minimum absolute atomic E-state index is 0.306. The zero-order valence-electron chi connectivity index (χ0n) is 10.8. The molecular weight excluding hydrogens is 295 g/mol.